The van der Waals surface area contributed by atoms with Crippen LogP contribution in [-0.2, 0) is 34.1 Å². The van der Waals surface area contributed by atoms with E-state index in [4.69, 9.17) is 4.74 Å². The lowest BCUT2D eigenvalue weighted by Crippen LogP contribution is -2.54. The molecular formula is C32H40F3N9O4S. The summed E-state index contributed by atoms with van der Waals surface area (Å²) in [5.41, 5.74) is 2.50. The fourth-order valence-corrected chi connectivity index (χ4v) is 7.69. The normalized spacial score (nSPS) is 18.0. The van der Waals surface area contributed by atoms with Gasteiger partial charge in [-0.3, -0.25) is 9.69 Å². The number of carbonyl (C=O) groups excluding carboxylic acids is 1. The molecule has 2 fully saturated rings. The van der Waals surface area contributed by atoms with Gasteiger partial charge >= 0.3 is 6.18 Å². The highest BCUT2D eigenvalue weighted by Crippen LogP contribution is 2.37. The highest BCUT2D eigenvalue weighted by molar-refractivity contribution is 7.86. The van der Waals surface area contributed by atoms with Crippen molar-refractivity contribution in [2.45, 2.75) is 38.0 Å². The van der Waals surface area contributed by atoms with Crippen LogP contribution in [0.1, 0.15) is 29.5 Å². The zero-order valence-corrected chi connectivity index (χ0v) is 28.4. The number of anilines is 5. The van der Waals surface area contributed by atoms with Crippen molar-refractivity contribution in [3.63, 3.8) is 0 Å². The molecule has 0 atom stereocenters. The predicted octanol–water partition coefficient (Wildman–Crippen LogP) is 3.75. The first-order valence-electron chi connectivity index (χ1n) is 16.0. The van der Waals surface area contributed by atoms with Gasteiger partial charge in [0.1, 0.15) is 17.1 Å². The number of fused-ring (bicyclic) bond motifs is 1. The van der Waals surface area contributed by atoms with Crippen LogP contribution in [0.4, 0.5) is 42.0 Å². The molecular weight excluding hydrogens is 663 g/mol. The molecule has 0 bridgehead atoms. The Labute approximate surface area is 283 Å². The minimum atomic E-state index is -4.69. The number of hydrogen-bond donors (Lipinski definition) is 3. The van der Waals surface area contributed by atoms with Gasteiger partial charge in [0.2, 0.25) is 11.9 Å². The van der Waals surface area contributed by atoms with Crippen LogP contribution in [0.3, 0.4) is 0 Å². The average Bonchev–Trinajstić information content (AvgIpc) is 3.48. The Hall–Kier alpha value is -4.19. The number of benzene rings is 2. The quantitative estimate of drug-likeness (QED) is 0.287. The van der Waals surface area contributed by atoms with Crippen LogP contribution in [0.2, 0.25) is 0 Å². The molecule has 6 rings (SSSR count). The lowest BCUT2D eigenvalue weighted by Gasteiger charge is -2.43. The first kappa shape index (κ1) is 34.7. The van der Waals surface area contributed by atoms with E-state index in [1.54, 1.807) is 42.7 Å². The van der Waals surface area contributed by atoms with Gasteiger partial charge in [-0.15, -0.1) is 0 Å². The Morgan fingerprint density at radius 3 is 2.47 bits per heavy atom. The van der Waals surface area contributed by atoms with Crippen molar-refractivity contribution < 1.29 is 31.1 Å². The van der Waals surface area contributed by atoms with Crippen molar-refractivity contribution in [3.05, 3.63) is 59.3 Å². The van der Waals surface area contributed by atoms with Crippen molar-refractivity contribution in [2.24, 2.45) is 0 Å². The molecule has 264 valence electrons. The largest absolute Gasteiger partial charge is 0.494 e. The topological polar surface area (TPSA) is 135 Å². The van der Waals surface area contributed by atoms with Crippen LogP contribution in [0.5, 0.6) is 5.75 Å². The van der Waals surface area contributed by atoms with Crippen LogP contribution in [0.25, 0.3) is 0 Å². The molecule has 2 saturated heterocycles. The smallest absolute Gasteiger partial charge is 0.421 e. The van der Waals surface area contributed by atoms with Crippen LogP contribution in [-0.4, -0.2) is 104 Å². The van der Waals surface area contributed by atoms with E-state index in [1.165, 1.54) is 11.4 Å². The number of carbonyl (C=O) groups is 1. The van der Waals surface area contributed by atoms with Crippen molar-refractivity contribution in [1.82, 2.24) is 23.5 Å². The molecule has 3 aromatic rings. The molecule has 0 unspecified atom stereocenters. The number of hydrogen-bond acceptors (Lipinski definition) is 10. The molecule has 49 heavy (non-hydrogen) atoms. The van der Waals surface area contributed by atoms with Crippen molar-refractivity contribution in [2.75, 3.05) is 81.3 Å². The first-order valence-corrected chi connectivity index (χ1v) is 17.4. The number of rotatable bonds is 10. The zero-order chi connectivity index (χ0) is 34.9. The Morgan fingerprint density at radius 1 is 1.06 bits per heavy atom. The number of piperazine rings is 1. The molecule has 3 N–H and O–H groups in total. The number of piperidine rings is 1. The minimum absolute atomic E-state index is 0.0283. The Bertz CT molecular complexity index is 1790. The predicted molar refractivity (Wildman–Crippen MR) is 180 cm³/mol. The number of nitrogens with zero attached hydrogens (tertiary/aromatic N) is 6. The molecule has 4 heterocycles. The van der Waals surface area contributed by atoms with Crippen LogP contribution in [0, 0.1) is 0 Å². The fraction of sp³-hybridized carbons (Fsp3) is 0.469. The maximum absolute atomic E-state index is 13.9. The molecule has 0 aliphatic carbocycles. The number of alkyl halides is 3. The molecule has 3 aliphatic heterocycles. The van der Waals surface area contributed by atoms with Gasteiger partial charge in [0.05, 0.1) is 19.2 Å². The average molecular weight is 704 g/mol. The van der Waals surface area contributed by atoms with Gasteiger partial charge in [-0.2, -0.15) is 35.2 Å². The molecule has 3 aliphatic rings. The summed E-state index contributed by atoms with van der Waals surface area (Å²) >= 11 is 0. The third-order valence-electron chi connectivity index (χ3n) is 9.26. The maximum atomic E-state index is 13.9. The number of methoxy groups -OCH3 is 1. The number of halogens is 3. The van der Waals surface area contributed by atoms with Gasteiger partial charge < -0.3 is 25.6 Å². The summed E-state index contributed by atoms with van der Waals surface area (Å²) in [6, 6.07) is 11.2. The molecule has 0 saturated carbocycles. The lowest BCUT2D eigenvalue weighted by molar-refractivity contribution is -0.137. The van der Waals surface area contributed by atoms with E-state index in [0.29, 0.717) is 41.8 Å². The number of aromatic nitrogens is 2. The second kappa shape index (κ2) is 14.0. The summed E-state index contributed by atoms with van der Waals surface area (Å²) in [5.74, 6) is -0.125. The molecule has 2 aromatic carbocycles. The van der Waals surface area contributed by atoms with Gasteiger partial charge in [-0.05, 0) is 42.2 Å². The monoisotopic (exact) mass is 703 g/mol. The van der Waals surface area contributed by atoms with Gasteiger partial charge in [-0.1, -0.05) is 12.1 Å². The highest BCUT2D eigenvalue weighted by atomic mass is 32.2. The molecule has 17 heteroatoms. The zero-order valence-electron chi connectivity index (χ0n) is 27.5. The van der Waals surface area contributed by atoms with Crippen LogP contribution >= 0.6 is 0 Å². The van der Waals surface area contributed by atoms with Gasteiger partial charge in [0.15, 0.2) is 0 Å². The second-order valence-electron chi connectivity index (χ2n) is 12.4. The molecule has 13 nitrogen and oxygen atoms in total. The summed E-state index contributed by atoms with van der Waals surface area (Å²) in [7, 11) is 1.22. The Kier molecular flexibility index (Phi) is 9.88. The SMILES string of the molecule is COc1cc(N2CCN(C3CCN(S(=O)(=O)N(C)C)CC3)CC2)ccc1Nc1ncc(C(F)(F)F)c(NCc2cccc3c2CC(=O)N3)n1. The van der Waals surface area contributed by atoms with Gasteiger partial charge in [0, 0.05) is 89.6 Å². The number of nitrogens with one attached hydrogen (secondary N) is 3. The van der Waals surface area contributed by atoms with Crippen LogP contribution < -0.4 is 25.6 Å². The van der Waals surface area contributed by atoms with Gasteiger partial charge in [0.25, 0.3) is 10.2 Å². The van der Waals surface area contributed by atoms with Crippen molar-refractivity contribution in [3.8, 4) is 5.75 Å². The summed E-state index contributed by atoms with van der Waals surface area (Å²) in [6.45, 7) is 4.26. The van der Waals surface area contributed by atoms with E-state index >= 15 is 0 Å². The third-order valence-corrected chi connectivity index (χ3v) is 11.2. The van der Waals surface area contributed by atoms with E-state index in [1.807, 2.05) is 12.1 Å². The number of ether oxygens (including phenoxy) is 1. The molecule has 1 amide bonds. The fourth-order valence-electron chi connectivity index (χ4n) is 6.56. The molecule has 1 aromatic heterocycles. The van der Waals surface area contributed by atoms with Crippen molar-refractivity contribution in [1.29, 1.82) is 0 Å². The summed E-state index contributed by atoms with van der Waals surface area (Å²) < 4.78 is 75.1. The van der Waals surface area contributed by atoms with E-state index in [9.17, 15) is 26.4 Å². The summed E-state index contributed by atoms with van der Waals surface area (Å²) in [4.78, 5) is 24.7. The Morgan fingerprint density at radius 2 is 1.80 bits per heavy atom. The van der Waals surface area contributed by atoms with E-state index in [-0.39, 0.29) is 24.8 Å². The van der Waals surface area contributed by atoms with E-state index < -0.39 is 27.8 Å². The molecule has 0 spiro atoms. The first-order chi connectivity index (χ1) is 23.3. The molecule has 0 radical (unpaired) electrons. The van der Waals surface area contributed by atoms with E-state index in [2.05, 4.69) is 35.7 Å². The summed E-state index contributed by atoms with van der Waals surface area (Å²) in [6.07, 6.45) is -2.21. The minimum Gasteiger partial charge on any atom is -0.494 e. The Balaban J connectivity index is 1.10. The third kappa shape index (κ3) is 7.54. The maximum Gasteiger partial charge on any atom is 0.421 e. The number of amides is 1. The van der Waals surface area contributed by atoms with E-state index in [0.717, 1.165) is 56.5 Å². The highest BCUT2D eigenvalue weighted by Gasteiger charge is 2.36. The lowest BCUT2D eigenvalue weighted by atomic mass is 10.0. The van der Waals surface area contributed by atoms with Crippen LogP contribution in [0.15, 0.2) is 42.6 Å². The van der Waals surface area contributed by atoms with Gasteiger partial charge in [-0.25, -0.2) is 4.98 Å². The standard InChI is InChI=1S/C32H40F3N9O4S/c1-41(2)49(46,47)44-11-9-22(10-12-44)42-13-15-43(16-14-42)23-7-8-27(28(17-23)48-3)39-31-37-20-25(32(33,34)35)30(40-31)36-19-21-5-4-6-26-24(21)18-29(45)38-26/h4-8,17,20,22H,9-16,18-19H2,1-3H3,(H,38,45)(H2,36,37,39,40). The second-order valence-corrected chi connectivity index (χ2v) is 14.6. The summed E-state index contributed by atoms with van der Waals surface area (Å²) in [5, 5.41) is 8.56. The van der Waals surface area contributed by atoms with Crippen molar-refractivity contribution >= 4 is 44.9 Å².